The van der Waals surface area contributed by atoms with Crippen LogP contribution in [0.2, 0.25) is 5.02 Å². The number of nitrogens with two attached hydrogens (primary N) is 1. The Hall–Kier alpha value is -0.960. The minimum absolute atomic E-state index is 0.0708. The summed E-state index contributed by atoms with van der Waals surface area (Å²) in [5.41, 5.74) is 7.11. The zero-order valence-corrected chi connectivity index (χ0v) is 10.7. The maximum Gasteiger partial charge on any atom is 0.144 e. The van der Waals surface area contributed by atoms with Gasteiger partial charge in [0, 0.05) is 18.7 Å². The lowest BCUT2D eigenvalue weighted by molar-refractivity contribution is 0.622. The average molecular weight is 245 g/mol. The fourth-order valence-corrected chi connectivity index (χ4v) is 1.87. The average Bonchev–Trinajstić information content (AvgIpc) is 2.20. The van der Waals surface area contributed by atoms with Gasteiger partial charge in [-0.3, -0.25) is 0 Å². The molecule has 0 heterocycles. The summed E-state index contributed by atoms with van der Waals surface area (Å²) in [6.45, 7) is 7.05. The Kier molecular flexibility index (Phi) is 4.42. The summed E-state index contributed by atoms with van der Waals surface area (Å²) in [5.74, 6) is -0.424. The normalized spacial score (nSPS) is 10.9. The summed E-state index contributed by atoms with van der Waals surface area (Å²) in [5, 5.41) is 0.0708. The molecule has 2 N–H and O–H groups in total. The highest BCUT2D eigenvalue weighted by atomic mass is 35.5. The zero-order chi connectivity index (χ0) is 12.3. The molecule has 1 aromatic carbocycles. The van der Waals surface area contributed by atoms with E-state index in [2.05, 4.69) is 25.7 Å². The van der Waals surface area contributed by atoms with Gasteiger partial charge in [0.2, 0.25) is 0 Å². The molecule has 4 heteroatoms. The van der Waals surface area contributed by atoms with Crippen molar-refractivity contribution in [3.05, 3.63) is 23.0 Å². The van der Waals surface area contributed by atoms with Crippen LogP contribution in [0.3, 0.4) is 0 Å². The third kappa shape index (κ3) is 2.79. The molecule has 16 heavy (non-hydrogen) atoms. The van der Waals surface area contributed by atoms with Crippen molar-refractivity contribution in [3.8, 4) is 0 Å². The Morgan fingerprint density at radius 2 is 2.06 bits per heavy atom. The largest absolute Gasteiger partial charge is 0.397 e. The summed E-state index contributed by atoms with van der Waals surface area (Å²) >= 11 is 5.67. The Labute approximate surface area is 101 Å². The second-order valence-electron chi connectivity index (χ2n) is 4.11. The summed E-state index contributed by atoms with van der Waals surface area (Å²) in [7, 11) is 0. The van der Waals surface area contributed by atoms with E-state index in [4.69, 9.17) is 17.3 Å². The topological polar surface area (TPSA) is 29.3 Å². The van der Waals surface area contributed by atoms with Crippen molar-refractivity contribution in [2.45, 2.75) is 33.2 Å². The van der Waals surface area contributed by atoms with Crippen LogP contribution in [0.25, 0.3) is 0 Å². The van der Waals surface area contributed by atoms with Gasteiger partial charge in [-0.2, -0.15) is 0 Å². The molecule has 0 spiro atoms. The van der Waals surface area contributed by atoms with Gasteiger partial charge < -0.3 is 10.6 Å². The van der Waals surface area contributed by atoms with Crippen molar-refractivity contribution in [2.75, 3.05) is 17.2 Å². The first-order valence-corrected chi connectivity index (χ1v) is 5.86. The van der Waals surface area contributed by atoms with Crippen LogP contribution in [0.5, 0.6) is 0 Å². The smallest absolute Gasteiger partial charge is 0.144 e. The summed E-state index contributed by atoms with van der Waals surface area (Å²) in [6, 6.07) is 3.16. The van der Waals surface area contributed by atoms with Crippen LogP contribution in [0.4, 0.5) is 15.8 Å². The molecular formula is C12H18ClFN2. The van der Waals surface area contributed by atoms with Gasteiger partial charge in [0.05, 0.1) is 16.4 Å². The van der Waals surface area contributed by atoms with Crippen LogP contribution in [0.1, 0.15) is 27.2 Å². The number of benzene rings is 1. The number of rotatable bonds is 4. The van der Waals surface area contributed by atoms with Gasteiger partial charge in [-0.15, -0.1) is 0 Å². The van der Waals surface area contributed by atoms with E-state index in [1.807, 2.05) is 0 Å². The number of nitrogens with zero attached hydrogens (tertiary/aromatic N) is 1. The van der Waals surface area contributed by atoms with Crippen molar-refractivity contribution in [1.82, 2.24) is 0 Å². The first kappa shape index (κ1) is 13.1. The van der Waals surface area contributed by atoms with Gasteiger partial charge >= 0.3 is 0 Å². The molecule has 0 aliphatic carbocycles. The molecule has 1 rings (SSSR count). The zero-order valence-electron chi connectivity index (χ0n) is 9.93. The molecule has 2 nitrogen and oxygen atoms in total. The monoisotopic (exact) mass is 244 g/mol. The van der Waals surface area contributed by atoms with Gasteiger partial charge in [0.25, 0.3) is 0 Å². The predicted molar refractivity (Wildman–Crippen MR) is 68.6 cm³/mol. The highest BCUT2D eigenvalue weighted by Gasteiger charge is 2.15. The quantitative estimate of drug-likeness (QED) is 0.819. The Bertz CT molecular complexity index is 366. The number of anilines is 2. The van der Waals surface area contributed by atoms with E-state index >= 15 is 0 Å². The molecule has 90 valence electrons. The van der Waals surface area contributed by atoms with Gasteiger partial charge in [-0.25, -0.2) is 4.39 Å². The molecule has 0 aliphatic heterocycles. The maximum absolute atomic E-state index is 13.4. The van der Waals surface area contributed by atoms with Gasteiger partial charge in [0.15, 0.2) is 0 Å². The highest BCUT2D eigenvalue weighted by molar-refractivity contribution is 6.31. The standard InChI is InChI=1S/C12H18ClFN2/c1-4-5-16(8(2)3)12-7-10(14)9(13)6-11(12)15/h6-8H,4-5,15H2,1-3H3. The minimum atomic E-state index is -0.424. The van der Waals surface area contributed by atoms with Crippen molar-refractivity contribution in [3.63, 3.8) is 0 Å². The summed E-state index contributed by atoms with van der Waals surface area (Å²) < 4.78 is 13.4. The number of nitrogen functional groups attached to an aromatic ring is 1. The van der Waals surface area contributed by atoms with E-state index in [1.54, 1.807) is 0 Å². The Balaban J connectivity index is 3.13. The molecule has 0 bridgehead atoms. The Morgan fingerprint density at radius 1 is 1.44 bits per heavy atom. The molecule has 0 radical (unpaired) electrons. The second-order valence-corrected chi connectivity index (χ2v) is 4.52. The Morgan fingerprint density at radius 3 is 2.56 bits per heavy atom. The van der Waals surface area contributed by atoms with Crippen molar-refractivity contribution >= 4 is 23.0 Å². The van der Waals surface area contributed by atoms with Crippen molar-refractivity contribution in [1.29, 1.82) is 0 Å². The van der Waals surface area contributed by atoms with Crippen molar-refractivity contribution in [2.24, 2.45) is 0 Å². The van der Waals surface area contributed by atoms with Crippen LogP contribution >= 0.6 is 11.6 Å². The van der Waals surface area contributed by atoms with E-state index in [0.717, 1.165) is 18.7 Å². The van der Waals surface area contributed by atoms with Gasteiger partial charge in [0.1, 0.15) is 5.82 Å². The molecule has 0 saturated carbocycles. The van der Waals surface area contributed by atoms with E-state index in [9.17, 15) is 4.39 Å². The fourth-order valence-electron chi connectivity index (χ4n) is 1.70. The third-order valence-electron chi connectivity index (χ3n) is 2.47. The first-order valence-electron chi connectivity index (χ1n) is 5.48. The number of halogens is 2. The maximum atomic E-state index is 13.4. The number of hydrogen-bond donors (Lipinski definition) is 1. The lowest BCUT2D eigenvalue weighted by atomic mass is 10.2. The van der Waals surface area contributed by atoms with Crippen LogP contribution in [0.15, 0.2) is 12.1 Å². The molecule has 0 atom stereocenters. The fraction of sp³-hybridized carbons (Fsp3) is 0.500. The molecule has 0 fully saturated rings. The summed E-state index contributed by atoms with van der Waals surface area (Å²) in [6.07, 6.45) is 0.988. The molecule has 0 aromatic heterocycles. The van der Waals surface area contributed by atoms with E-state index in [0.29, 0.717) is 5.69 Å². The lowest BCUT2D eigenvalue weighted by Gasteiger charge is -2.30. The SMILES string of the molecule is CCCN(c1cc(F)c(Cl)cc1N)C(C)C. The minimum Gasteiger partial charge on any atom is -0.397 e. The molecule has 1 aromatic rings. The molecular weight excluding hydrogens is 227 g/mol. The van der Waals surface area contributed by atoms with Crippen LogP contribution in [0, 0.1) is 5.82 Å². The lowest BCUT2D eigenvalue weighted by Crippen LogP contribution is -2.32. The summed E-state index contributed by atoms with van der Waals surface area (Å²) in [4.78, 5) is 2.08. The molecule has 0 aliphatic rings. The van der Waals surface area contributed by atoms with Crippen LogP contribution < -0.4 is 10.6 Å². The van der Waals surface area contributed by atoms with Crippen molar-refractivity contribution < 1.29 is 4.39 Å². The highest BCUT2D eigenvalue weighted by Crippen LogP contribution is 2.30. The molecule has 0 saturated heterocycles. The second kappa shape index (κ2) is 5.39. The third-order valence-corrected chi connectivity index (χ3v) is 2.76. The van der Waals surface area contributed by atoms with Gasteiger partial charge in [-0.1, -0.05) is 18.5 Å². The van der Waals surface area contributed by atoms with E-state index in [-0.39, 0.29) is 11.1 Å². The van der Waals surface area contributed by atoms with Gasteiger partial charge in [-0.05, 0) is 26.3 Å². The molecule has 0 unspecified atom stereocenters. The van der Waals surface area contributed by atoms with Crippen LogP contribution in [-0.2, 0) is 0 Å². The van der Waals surface area contributed by atoms with E-state index < -0.39 is 5.82 Å². The number of hydrogen-bond acceptors (Lipinski definition) is 2. The van der Waals surface area contributed by atoms with E-state index in [1.165, 1.54) is 12.1 Å². The van der Waals surface area contributed by atoms with Crippen LogP contribution in [-0.4, -0.2) is 12.6 Å². The predicted octanol–water partition coefficient (Wildman–Crippen LogP) is 3.69. The molecule has 0 amide bonds. The first-order chi connectivity index (χ1) is 7.47.